The van der Waals surface area contributed by atoms with Crippen molar-refractivity contribution in [3.05, 3.63) is 138 Å². The molecule has 4 aliphatic heterocycles. The Morgan fingerprint density at radius 1 is 0.709 bits per heavy atom. The van der Waals surface area contributed by atoms with Crippen LogP contribution in [0, 0.1) is 5.92 Å². The van der Waals surface area contributed by atoms with Gasteiger partial charge in [0.25, 0.3) is 17.7 Å². The average Bonchev–Trinajstić information content (AvgIpc) is 3.82. The second kappa shape index (κ2) is 11.9. The fourth-order valence-corrected chi connectivity index (χ4v) is 12.6. The number of carbonyl (C=O) groups excluding carboxylic acids is 3. The van der Waals surface area contributed by atoms with Crippen LogP contribution in [0.15, 0.2) is 115 Å². The molecule has 0 radical (unpaired) electrons. The normalized spacial score (nSPS) is 22.7. The molecular weight excluding hydrogens is 707 g/mol. The predicted molar refractivity (Wildman–Crippen MR) is 216 cm³/mol. The van der Waals surface area contributed by atoms with Crippen molar-refractivity contribution < 1.29 is 29.0 Å². The third-order valence-electron chi connectivity index (χ3n) is 12.3. The lowest BCUT2D eigenvalue weighted by molar-refractivity contribution is -0.146. The summed E-state index contributed by atoms with van der Waals surface area (Å²) in [5, 5.41) is 13.9. The van der Waals surface area contributed by atoms with E-state index in [1.54, 1.807) is 14.7 Å². The van der Waals surface area contributed by atoms with Crippen molar-refractivity contribution in [1.82, 2.24) is 0 Å². The van der Waals surface area contributed by atoms with Gasteiger partial charge in [0.05, 0.1) is 40.8 Å². The maximum Gasteiger partial charge on any atom is 0.264 e. The Kier molecular flexibility index (Phi) is 7.34. The van der Waals surface area contributed by atoms with Gasteiger partial charge in [0.1, 0.15) is 0 Å². The van der Waals surface area contributed by atoms with E-state index in [4.69, 9.17) is 4.74 Å². The molecule has 4 heterocycles. The monoisotopic (exact) mass is 745 g/mol. The summed E-state index contributed by atoms with van der Waals surface area (Å²) < 4.78 is 6.91. The van der Waals surface area contributed by atoms with Crippen molar-refractivity contribution in [2.45, 2.75) is 50.2 Å². The number of aliphatic hydroxyl groups is 1. The van der Waals surface area contributed by atoms with Gasteiger partial charge in [0, 0.05) is 45.8 Å². The van der Waals surface area contributed by atoms with Crippen LogP contribution in [0.4, 0.5) is 28.4 Å². The average molecular weight is 746 g/mol. The van der Waals surface area contributed by atoms with E-state index in [-0.39, 0.29) is 42.8 Å². The van der Waals surface area contributed by atoms with Crippen LogP contribution in [0.5, 0.6) is 0 Å². The summed E-state index contributed by atoms with van der Waals surface area (Å²) in [6.45, 7) is 5.79. The van der Waals surface area contributed by atoms with Crippen LogP contribution in [0.2, 0.25) is 18.6 Å². The van der Waals surface area contributed by atoms with Crippen molar-refractivity contribution in [3.63, 3.8) is 0 Å². The molecule has 6 aromatic carbocycles. The second-order valence-corrected chi connectivity index (χ2v) is 19.7. The molecule has 0 saturated carbocycles. The standard InChI is InChI=1S/C45H39N3O6Si/c1-26-41(55(2,3)53)38(22-23-49)54-45(26)34-24-31(48-37-15-7-11-29-9-5-13-33(40(29)37)43(48)51)20-21-35(34)46(44(45)52)25-27-16-18-30(19-17-27)47-36-14-6-10-28-8-4-12-32(39(28)36)42(47)50/h4-21,24,26,38,41,49,53H,22-23,25H2,1-3H3/t26-,38+,41-,45+/m0/s1. The zero-order chi connectivity index (χ0) is 38.0. The lowest BCUT2D eigenvalue weighted by Gasteiger charge is -2.32. The predicted octanol–water partition coefficient (Wildman–Crippen LogP) is 8.30. The van der Waals surface area contributed by atoms with Gasteiger partial charge in [-0.25, -0.2) is 0 Å². The Balaban J connectivity index is 1.05. The second-order valence-electron chi connectivity index (χ2n) is 15.8. The van der Waals surface area contributed by atoms with E-state index in [0.717, 1.165) is 44.2 Å². The molecule has 4 atom stereocenters. The molecule has 1 saturated heterocycles. The number of fused-ring (bicyclic) bond motifs is 2. The summed E-state index contributed by atoms with van der Waals surface area (Å²) in [6.07, 6.45) is -0.254. The van der Waals surface area contributed by atoms with Crippen molar-refractivity contribution in [3.8, 4) is 0 Å². The van der Waals surface area contributed by atoms with E-state index in [1.165, 1.54) is 0 Å². The summed E-state index contributed by atoms with van der Waals surface area (Å²) in [7, 11) is -2.92. The summed E-state index contributed by atoms with van der Waals surface area (Å²) in [4.78, 5) is 59.6. The molecule has 1 fully saturated rings. The molecule has 10 rings (SSSR count). The Morgan fingerprint density at radius 3 is 1.82 bits per heavy atom. The van der Waals surface area contributed by atoms with Gasteiger partial charge in [0.15, 0.2) is 13.9 Å². The summed E-state index contributed by atoms with van der Waals surface area (Å²) in [5.41, 5.74) is 4.67. The van der Waals surface area contributed by atoms with E-state index in [0.29, 0.717) is 28.1 Å². The first kappa shape index (κ1) is 33.9. The summed E-state index contributed by atoms with van der Waals surface area (Å²) >= 11 is 0. The highest BCUT2D eigenvalue weighted by atomic mass is 28.4. The van der Waals surface area contributed by atoms with Gasteiger partial charge in [-0.3, -0.25) is 24.2 Å². The number of benzene rings is 6. The first-order chi connectivity index (χ1) is 26.5. The number of hydrogen-bond acceptors (Lipinski definition) is 6. The topological polar surface area (TPSA) is 111 Å². The minimum atomic E-state index is -2.92. The SMILES string of the molecule is C[C@H]1[C@H]([Si](C)(C)O)[C@@H](CCO)O[C@]12C(=O)N(Cc1ccc(N3C(=O)c4cccc5cccc3c45)cc1)c1ccc(N3C(=O)c4cccc5cccc3c45)cc12. The third kappa shape index (κ3) is 4.66. The van der Waals surface area contributed by atoms with Crippen LogP contribution in [0.3, 0.4) is 0 Å². The minimum Gasteiger partial charge on any atom is -0.432 e. The fourth-order valence-electron chi connectivity index (χ4n) is 10.0. The molecule has 10 heteroatoms. The zero-order valence-electron chi connectivity index (χ0n) is 30.7. The van der Waals surface area contributed by atoms with Crippen LogP contribution in [0.1, 0.15) is 45.2 Å². The lowest BCUT2D eigenvalue weighted by atomic mass is 9.82. The van der Waals surface area contributed by atoms with Gasteiger partial charge in [-0.15, -0.1) is 0 Å². The van der Waals surface area contributed by atoms with E-state index < -0.39 is 25.9 Å². The van der Waals surface area contributed by atoms with Crippen molar-refractivity contribution in [2.75, 3.05) is 21.3 Å². The number of rotatable bonds is 7. The van der Waals surface area contributed by atoms with Gasteiger partial charge >= 0.3 is 0 Å². The molecule has 0 aromatic heterocycles. The van der Waals surface area contributed by atoms with Gasteiger partial charge < -0.3 is 19.5 Å². The Hall–Kier alpha value is -5.65. The Morgan fingerprint density at radius 2 is 1.25 bits per heavy atom. The van der Waals surface area contributed by atoms with E-state index in [9.17, 15) is 19.5 Å². The smallest absolute Gasteiger partial charge is 0.264 e. The maximum atomic E-state index is 15.1. The molecule has 0 aliphatic carbocycles. The van der Waals surface area contributed by atoms with Crippen molar-refractivity contribution in [1.29, 1.82) is 0 Å². The molecule has 3 amide bonds. The molecule has 2 N–H and O–H groups in total. The first-order valence-corrected chi connectivity index (χ1v) is 21.8. The molecule has 9 nitrogen and oxygen atoms in total. The molecule has 0 bridgehead atoms. The van der Waals surface area contributed by atoms with Gasteiger partial charge in [0.2, 0.25) is 0 Å². The van der Waals surface area contributed by atoms with E-state index in [2.05, 4.69) is 0 Å². The molecule has 6 aromatic rings. The number of ether oxygens (including phenoxy) is 1. The fraction of sp³-hybridized carbons (Fsp3) is 0.222. The van der Waals surface area contributed by atoms with Gasteiger partial charge in [-0.05, 0) is 90.4 Å². The quantitative estimate of drug-likeness (QED) is 0.159. The van der Waals surface area contributed by atoms with Gasteiger partial charge in [-0.1, -0.05) is 67.6 Å². The van der Waals surface area contributed by atoms with Crippen LogP contribution < -0.4 is 14.7 Å². The van der Waals surface area contributed by atoms with Crippen molar-refractivity contribution >= 4 is 76.0 Å². The number of amides is 3. The molecule has 4 aliphatic rings. The number of hydrogen-bond donors (Lipinski definition) is 2. The van der Waals surface area contributed by atoms with Gasteiger partial charge in [-0.2, -0.15) is 0 Å². The summed E-state index contributed by atoms with van der Waals surface area (Å²) in [6, 6.07) is 36.7. The molecule has 274 valence electrons. The first-order valence-electron chi connectivity index (χ1n) is 18.8. The van der Waals surface area contributed by atoms with Crippen LogP contribution in [-0.2, 0) is 21.7 Å². The Labute approximate surface area is 319 Å². The third-order valence-corrected chi connectivity index (χ3v) is 14.8. The van der Waals surface area contributed by atoms with Crippen LogP contribution in [0.25, 0.3) is 21.5 Å². The maximum absolute atomic E-state index is 15.1. The highest BCUT2D eigenvalue weighted by molar-refractivity contribution is 6.71. The van der Waals surface area contributed by atoms with E-state index >= 15 is 4.79 Å². The molecule has 0 unspecified atom stereocenters. The molecule has 55 heavy (non-hydrogen) atoms. The highest BCUT2D eigenvalue weighted by Crippen LogP contribution is 2.60. The molecular formula is C45H39N3O6Si. The van der Waals surface area contributed by atoms with E-state index in [1.807, 2.05) is 135 Å². The number of anilines is 5. The zero-order valence-corrected chi connectivity index (χ0v) is 31.7. The lowest BCUT2D eigenvalue weighted by Crippen LogP contribution is -2.46. The van der Waals surface area contributed by atoms with Crippen molar-refractivity contribution in [2.24, 2.45) is 5.92 Å². The largest absolute Gasteiger partial charge is 0.432 e. The minimum absolute atomic E-state index is 0.0773. The number of aliphatic hydroxyl groups excluding tert-OH is 1. The summed E-state index contributed by atoms with van der Waals surface area (Å²) in [5.74, 6) is -0.885. The highest BCUT2D eigenvalue weighted by Gasteiger charge is 2.66. The Bertz CT molecular complexity index is 2630. The molecule has 1 spiro atoms. The number of carbonyl (C=O) groups is 3. The van der Waals surface area contributed by atoms with Crippen LogP contribution >= 0.6 is 0 Å². The number of nitrogens with zero attached hydrogens (tertiary/aromatic N) is 3. The van der Waals surface area contributed by atoms with Crippen LogP contribution in [-0.4, -0.2) is 48.7 Å².